The van der Waals surface area contributed by atoms with Crippen molar-refractivity contribution in [3.8, 4) is 5.75 Å². The largest absolute Gasteiger partial charge is 0.496 e. The lowest BCUT2D eigenvalue weighted by Gasteiger charge is -2.38. The number of para-hydroxylation sites is 1. The molecule has 2 aromatic carbocycles. The first kappa shape index (κ1) is 21.7. The number of carbonyl (C=O) groups is 1. The van der Waals surface area contributed by atoms with Crippen molar-refractivity contribution in [2.24, 2.45) is 0 Å². The summed E-state index contributed by atoms with van der Waals surface area (Å²) >= 11 is 0. The van der Waals surface area contributed by atoms with Crippen molar-refractivity contribution in [3.63, 3.8) is 0 Å². The lowest BCUT2D eigenvalue weighted by atomic mass is 10.1. The summed E-state index contributed by atoms with van der Waals surface area (Å²) in [5.41, 5.74) is 3.74. The summed E-state index contributed by atoms with van der Waals surface area (Å²) < 4.78 is 5.53. The van der Waals surface area contributed by atoms with Crippen LogP contribution < -0.4 is 9.64 Å². The van der Waals surface area contributed by atoms with Gasteiger partial charge in [-0.15, -0.1) is 0 Å². The maximum atomic E-state index is 12.8. The number of aryl methyl sites for hydroxylation is 1. The molecule has 31 heavy (non-hydrogen) atoms. The molecule has 2 aliphatic heterocycles. The summed E-state index contributed by atoms with van der Waals surface area (Å²) in [7, 11) is 1.73. The summed E-state index contributed by atoms with van der Waals surface area (Å²) in [5, 5.41) is 0. The van der Waals surface area contributed by atoms with Gasteiger partial charge in [-0.25, -0.2) is 0 Å². The van der Waals surface area contributed by atoms with Crippen molar-refractivity contribution in [2.45, 2.75) is 13.5 Å². The van der Waals surface area contributed by atoms with Crippen molar-refractivity contribution in [2.75, 3.05) is 70.9 Å². The third-order valence-corrected chi connectivity index (χ3v) is 6.41. The molecule has 0 atom stereocenters. The Morgan fingerprint density at radius 3 is 2.23 bits per heavy atom. The minimum atomic E-state index is 0.265. The molecule has 0 bridgehead atoms. The molecule has 6 nitrogen and oxygen atoms in total. The van der Waals surface area contributed by atoms with Gasteiger partial charge >= 0.3 is 0 Å². The Morgan fingerprint density at radius 2 is 1.55 bits per heavy atom. The summed E-state index contributed by atoms with van der Waals surface area (Å²) in [6.07, 6.45) is 0. The molecule has 6 heteroatoms. The normalized spacial score (nSPS) is 18.3. The monoisotopic (exact) mass is 422 g/mol. The molecule has 166 valence electrons. The first-order valence-corrected chi connectivity index (χ1v) is 11.3. The number of ether oxygens (including phenoxy) is 1. The third-order valence-electron chi connectivity index (χ3n) is 6.41. The molecule has 0 saturated carbocycles. The Balaban J connectivity index is 1.21. The van der Waals surface area contributed by atoms with E-state index >= 15 is 0 Å². The fourth-order valence-corrected chi connectivity index (χ4v) is 4.52. The van der Waals surface area contributed by atoms with Crippen LogP contribution in [-0.2, 0) is 11.3 Å². The second-order valence-electron chi connectivity index (χ2n) is 8.57. The van der Waals surface area contributed by atoms with Crippen LogP contribution in [0.2, 0.25) is 0 Å². The van der Waals surface area contributed by atoms with Crippen LogP contribution in [-0.4, -0.2) is 86.6 Å². The zero-order valence-electron chi connectivity index (χ0n) is 18.8. The van der Waals surface area contributed by atoms with Crippen molar-refractivity contribution in [3.05, 3.63) is 59.7 Å². The molecule has 0 spiro atoms. The van der Waals surface area contributed by atoms with Crippen LogP contribution in [0.15, 0.2) is 48.5 Å². The molecule has 0 aliphatic carbocycles. The number of anilines is 1. The van der Waals surface area contributed by atoms with Crippen LogP contribution in [0, 0.1) is 6.92 Å². The second-order valence-corrected chi connectivity index (χ2v) is 8.57. The summed E-state index contributed by atoms with van der Waals surface area (Å²) in [6.45, 7) is 10.8. The van der Waals surface area contributed by atoms with Gasteiger partial charge in [0, 0.05) is 70.2 Å². The lowest BCUT2D eigenvalue weighted by Crippen LogP contribution is -2.53. The fraction of sp³-hybridized carbons (Fsp3) is 0.480. The van der Waals surface area contributed by atoms with Crippen molar-refractivity contribution < 1.29 is 9.53 Å². The highest BCUT2D eigenvalue weighted by atomic mass is 16.5. The van der Waals surface area contributed by atoms with Gasteiger partial charge in [0.15, 0.2) is 0 Å². The molecule has 0 aromatic heterocycles. The first-order valence-electron chi connectivity index (χ1n) is 11.3. The summed E-state index contributed by atoms with van der Waals surface area (Å²) in [6, 6.07) is 16.8. The van der Waals surface area contributed by atoms with Gasteiger partial charge < -0.3 is 14.5 Å². The number of methoxy groups -OCH3 is 1. The van der Waals surface area contributed by atoms with Crippen LogP contribution in [0.25, 0.3) is 0 Å². The fourth-order valence-electron chi connectivity index (χ4n) is 4.52. The zero-order chi connectivity index (χ0) is 21.6. The number of nitrogens with zero attached hydrogens (tertiary/aromatic N) is 4. The zero-order valence-corrected chi connectivity index (χ0v) is 18.8. The first-order chi connectivity index (χ1) is 15.1. The van der Waals surface area contributed by atoms with E-state index in [-0.39, 0.29) is 5.91 Å². The van der Waals surface area contributed by atoms with Crippen molar-refractivity contribution in [1.29, 1.82) is 0 Å². The molecule has 2 heterocycles. The van der Waals surface area contributed by atoms with E-state index in [9.17, 15) is 4.79 Å². The van der Waals surface area contributed by atoms with E-state index in [0.717, 1.165) is 64.7 Å². The van der Waals surface area contributed by atoms with Gasteiger partial charge in [-0.05, 0) is 25.1 Å². The number of hydrogen-bond acceptors (Lipinski definition) is 5. The van der Waals surface area contributed by atoms with Crippen molar-refractivity contribution >= 4 is 11.6 Å². The molecule has 4 rings (SSSR count). The predicted molar refractivity (Wildman–Crippen MR) is 125 cm³/mol. The highest BCUT2D eigenvalue weighted by molar-refractivity contribution is 5.78. The van der Waals surface area contributed by atoms with Crippen LogP contribution in [0.3, 0.4) is 0 Å². The Kier molecular flexibility index (Phi) is 7.10. The van der Waals surface area contributed by atoms with Gasteiger partial charge in [-0.1, -0.05) is 35.9 Å². The van der Waals surface area contributed by atoms with Gasteiger partial charge in [0.25, 0.3) is 0 Å². The van der Waals surface area contributed by atoms with E-state index in [1.165, 1.54) is 16.8 Å². The van der Waals surface area contributed by atoms with Crippen LogP contribution in [0.5, 0.6) is 5.75 Å². The van der Waals surface area contributed by atoms with E-state index in [1.807, 2.05) is 11.0 Å². The Labute approximate surface area is 186 Å². The molecule has 0 N–H and O–H groups in total. The second kappa shape index (κ2) is 10.2. The smallest absolute Gasteiger partial charge is 0.236 e. The molecule has 2 fully saturated rings. The van der Waals surface area contributed by atoms with Crippen molar-refractivity contribution in [1.82, 2.24) is 14.7 Å². The van der Waals surface area contributed by atoms with Crippen LogP contribution >= 0.6 is 0 Å². The molecular formula is C25H34N4O2. The lowest BCUT2D eigenvalue weighted by molar-refractivity contribution is -0.133. The average molecular weight is 423 g/mol. The highest BCUT2D eigenvalue weighted by Gasteiger charge is 2.25. The Hall–Kier alpha value is -2.57. The maximum Gasteiger partial charge on any atom is 0.236 e. The van der Waals surface area contributed by atoms with E-state index in [2.05, 4.69) is 64.1 Å². The predicted octanol–water partition coefficient (Wildman–Crippen LogP) is 2.47. The third kappa shape index (κ3) is 5.57. The Bertz CT molecular complexity index is 857. The number of amides is 1. The topological polar surface area (TPSA) is 39.3 Å². The quantitative estimate of drug-likeness (QED) is 0.715. The molecular weight excluding hydrogens is 388 g/mol. The van der Waals surface area contributed by atoms with Gasteiger partial charge in [0.1, 0.15) is 5.75 Å². The van der Waals surface area contributed by atoms with Gasteiger partial charge in [-0.3, -0.25) is 14.6 Å². The maximum absolute atomic E-state index is 12.8. The highest BCUT2D eigenvalue weighted by Crippen LogP contribution is 2.22. The summed E-state index contributed by atoms with van der Waals surface area (Å²) in [5.74, 6) is 1.22. The minimum absolute atomic E-state index is 0.265. The van der Waals surface area contributed by atoms with E-state index in [0.29, 0.717) is 6.54 Å². The Morgan fingerprint density at radius 1 is 0.871 bits per heavy atom. The van der Waals surface area contributed by atoms with E-state index in [4.69, 9.17) is 4.74 Å². The number of rotatable bonds is 6. The summed E-state index contributed by atoms with van der Waals surface area (Å²) in [4.78, 5) is 22.0. The number of hydrogen-bond donors (Lipinski definition) is 0. The molecule has 0 radical (unpaired) electrons. The molecule has 2 aromatic rings. The van der Waals surface area contributed by atoms with Gasteiger partial charge in [0.05, 0.1) is 13.7 Å². The number of piperazine rings is 2. The minimum Gasteiger partial charge on any atom is -0.496 e. The number of benzene rings is 2. The van der Waals surface area contributed by atoms with Gasteiger partial charge in [0.2, 0.25) is 5.91 Å². The van der Waals surface area contributed by atoms with Crippen LogP contribution in [0.1, 0.15) is 11.1 Å². The molecule has 2 aliphatic rings. The number of carbonyl (C=O) groups excluding carboxylic acids is 1. The average Bonchev–Trinajstić information content (AvgIpc) is 2.81. The van der Waals surface area contributed by atoms with Crippen LogP contribution in [0.4, 0.5) is 5.69 Å². The SMILES string of the molecule is COc1ccc(C)cc1CN1CCN(CC(=O)N2CCN(c3ccccc3)CC2)CC1. The molecule has 2 saturated heterocycles. The molecule has 0 unspecified atom stereocenters. The molecule has 1 amide bonds. The van der Waals surface area contributed by atoms with E-state index < -0.39 is 0 Å². The standard InChI is InChI=1S/C25H34N4O2/c1-21-8-9-24(31-2)22(18-21)19-26-10-12-27(13-11-26)20-25(30)29-16-14-28(15-17-29)23-6-4-3-5-7-23/h3-9,18H,10-17,19-20H2,1-2H3. The van der Waals surface area contributed by atoms with Gasteiger partial charge in [-0.2, -0.15) is 0 Å². The van der Waals surface area contributed by atoms with E-state index in [1.54, 1.807) is 7.11 Å².